The van der Waals surface area contributed by atoms with Crippen LogP contribution in [-0.4, -0.2) is 0 Å². The quantitative estimate of drug-likeness (QED) is 0.754. The normalized spacial score (nSPS) is 15.4. The third-order valence-electron chi connectivity index (χ3n) is 2.68. The van der Waals surface area contributed by atoms with Gasteiger partial charge < -0.3 is 5.73 Å². The Bertz CT molecular complexity index is 268. The average Bonchev–Trinajstić information content (AvgIpc) is 2.15. The molecule has 1 aromatic rings. The van der Waals surface area contributed by atoms with E-state index in [-0.39, 0.29) is 6.04 Å². The first-order chi connectivity index (χ1) is 6.15. The second kappa shape index (κ2) is 4.43. The van der Waals surface area contributed by atoms with Gasteiger partial charge in [0.05, 0.1) is 0 Å². The van der Waals surface area contributed by atoms with Crippen molar-refractivity contribution in [3.05, 3.63) is 35.4 Å². The number of aryl methyl sites for hydroxylation is 1. The molecule has 2 atom stereocenters. The van der Waals surface area contributed by atoms with Gasteiger partial charge in [-0.2, -0.15) is 0 Å². The Balaban J connectivity index is 2.82. The minimum absolute atomic E-state index is 0.185. The molecule has 1 heteroatoms. The van der Waals surface area contributed by atoms with Crippen molar-refractivity contribution in [2.75, 3.05) is 0 Å². The van der Waals surface area contributed by atoms with Crippen LogP contribution in [0.4, 0.5) is 0 Å². The fourth-order valence-corrected chi connectivity index (χ4v) is 1.46. The van der Waals surface area contributed by atoms with Crippen molar-refractivity contribution >= 4 is 0 Å². The molecule has 13 heavy (non-hydrogen) atoms. The number of nitrogens with two attached hydrogens (primary N) is 1. The lowest BCUT2D eigenvalue weighted by Crippen LogP contribution is -2.18. The van der Waals surface area contributed by atoms with Crippen LogP contribution in [0.25, 0.3) is 0 Å². The Kier molecular flexibility index (Phi) is 3.49. The fourth-order valence-electron chi connectivity index (χ4n) is 1.46. The van der Waals surface area contributed by atoms with Gasteiger partial charge in [0.1, 0.15) is 0 Å². The lowest BCUT2D eigenvalue weighted by atomic mass is 9.93. The predicted molar refractivity (Wildman–Crippen MR) is 57.6 cm³/mol. The van der Waals surface area contributed by atoms with Gasteiger partial charge in [0.15, 0.2) is 0 Å². The van der Waals surface area contributed by atoms with Crippen LogP contribution in [0.15, 0.2) is 24.3 Å². The Morgan fingerprint density at radius 3 is 2.62 bits per heavy atom. The molecular formula is C12H19N. The highest BCUT2D eigenvalue weighted by Gasteiger charge is 2.12. The van der Waals surface area contributed by atoms with E-state index in [0.717, 1.165) is 6.42 Å². The molecule has 1 aromatic carbocycles. The summed E-state index contributed by atoms with van der Waals surface area (Å²) < 4.78 is 0. The molecule has 2 unspecified atom stereocenters. The zero-order valence-corrected chi connectivity index (χ0v) is 8.75. The molecule has 0 aliphatic heterocycles. The Morgan fingerprint density at radius 2 is 2.08 bits per heavy atom. The molecule has 0 spiro atoms. The number of rotatable bonds is 3. The molecular weight excluding hydrogens is 158 g/mol. The van der Waals surface area contributed by atoms with E-state index in [1.807, 2.05) is 0 Å². The number of hydrogen-bond acceptors (Lipinski definition) is 1. The second-order valence-corrected chi connectivity index (χ2v) is 3.83. The highest BCUT2D eigenvalue weighted by atomic mass is 14.6. The molecule has 0 bridgehead atoms. The van der Waals surface area contributed by atoms with Gasteiger partial charge in [-0.1, -0.05) is 50.1 Å². The molecule has 2 N–H and O–H groups in total. The van der Waals surface area contributed by atoms with Gasteiger partial charge in [0.2, 0.25) is 0 Å². The van der Waals surface area contributed by atoms with Gasteiger partial charge in [-0.15, -0.1) is 0 Å². The van der Waals surface area contributed by atoms with E-state index in [9.17, 15) is 0 Å². The maximum Gasteiger partial charge on any atom is 0.0320 e. The van der Waals surface area contributed by atoms with Crippen molar-refractivity contribution in [3.63, 3.8) is 0 Å². The predicted octanol–water partition coefficient (Wildman–Crippen LogP) is 3.04. The first-order valence-corrected chi connectivity index (χ1v) is 4.97. The Hall–Kier alpha value is -0.820. The molecule has 0 amide bonds. The van der Waals surface area contributed by atoms with Crippen LogP contribution in [0.3, 0.4) is 0 Å². The summed E-state index contributed by atoms with van der Waals surface area (Å²) in [5, 5.41) is 0. The van der Waals surface area contributed by atoms with Crippen molar-refractivity contribution in [3.8, 4) is 0 Å². The van der Waals surface area contributed by atoms with Crippen molar-refractivity contribution in [1.82, 2.24) is 0 Å². The number of benzene rings is 1. The smallest absolute Gasteiger partial charge is 0.0320 e. The summed E-state index contributed by atoms with van der Waals surface area (Å²) in [6, 6.07) is 8.66. The van der Waals surface area contributed by atoms with Gasteiger partial charge >= 0.3 is 0 Å². The van der Waals surface area contributed by atoms with Gasteiger partial charge in [-0.05, 0) is 18.4 Å². The summed E-state index contributed by atoms with van der Waals surface area (Å²) in [6.45, 7) is 6.49. The Morgan fingerprint density at radius 1 is 1.38 bits per heavy atom. The highest BCUT2D eigenvalue weighted by molar-refractivity contribution is 5.25. The maximum absolute atomic E-state index is 6.12. The molecule has 1 nitrogen and oxygen atoms in total. The molecule has 1 rings (SSSR count). The molecule has 0 heterocycles. The molecule has 0 saturated carbocycles. The van der Waals surface area contributed by atoms with Crippen LogP contribution < -0.4 is 5.73 Å². The lowest BCUT2D eigenvalue weighted by Gasteiger charge is -2.18. The zero-order valence-electron chi connectivity index (χ0n) is 8.75. The van der Waals surface area contributed by atoms with Crippen molar-refractivity contribution in [2.45, 2.75) is 33.2 Å². The van der Waals surface area contributed by atoms with Crippen LogP contribution in [0.2, 0.25) is 0 Å². The maximum atomic E-state index is 6.12. The first-order valence-electron chi connectivity index (χ1n) is 4.97. The minimum atomic E-state index is 0.185. The van der Waals surface area contributed by atoms with Crippen LogP contribution in [0.5, 0.6) is 0 Å². The molecule has 0 aliphatic rings. The van der Waals surface area contributed by atoms with Gasteiger partial charge in [0.25, 0.3) is 0 Å². The third kappa shape index (κ3) is 2.56. The summed E-state index contributed by atoms with van der Waals surface area (Å²) in [5.41, 5.74) is 8.66. The Labute approximate surface area is 81.0 Å². The summed E-state index contributed by atoms with van der Waals surface area (Å²) >= 11 is 0. The van der Waals surface area contributed by atoms with Crippen LogP contribution in [0.1, 0.15) is 37.4 Å². The molecule has 0 aromatic heterocycles. The van der Waals surface area contributed by atoms with E-state index >= 15 is 0 Å². The highest BCUT2D eigenvalue weighted by Crippen LogP contribution is 2.21. The van der Waals surface area contributed by atoms with E-state index in [4.69, 9.17) is 5.73 Å². The lowest BCUT2D eigenvalue weighted by molar-refractivity contribution is 0.456. The van der Waals surface area contributed by atoms with Gasteiger partial charge in [-0.25, -0.2) is 0 Å². The largest absolute Gasteiger partial charge is 0.324 e. The molecule has 0 aliphatic carbocycles. The van der Waals surface area contributed by atoms with Crippen molar-refractivity contribution in [1.29, 1.82) is 0 Å². The minimum Gasteiger partial charge on any atom is -0.324 e. The third-order valence-corrected chi connectivity index (χ3v) is 2.68. The van der Waals surface area contributed by atoms with E-state index in [0.29, 0.717) is 5.92 Å². The van der Waals surface area contributed by atoms with E-state index in [1.165, 1.54) is 11.1 Å². The monoisotopic (exact) mass is 177 g/mol. The SMILES string of the molecule is CCC(C)C(N)c1cccc(C)c1. The summed E-state index contributed by atoms with van der Waals surface area (Å²) in [7, 11) is 0. The average molecular weight is 177 g/mol. The fraction of sp³-hybridized carbons (Fsp3) is 0.500. The van der Waals surface area contributed by atoms with Crippen LogP contribution in [-0.2, 0) is 0 Å². The topological polar surface area (TPSA) is 26.0 Å². The van der Waals surface area contributed by atoms with Crippen LogP contribution in [0, 0.1) is 12.8 Å². The summed E-state index contributed by atoms with van der Waals surface area (Å²) in [4.78, 5) is 0. The second-order valence-electron chi connectivity index (χ2n) is 3.83. The van der Waals surface area contributed by atoms with E-state index < -0.39 is 0 Å². The molecule has 0 fully saturated rings. The summed E-state index contributed by atoms with van der Waals surface area (Å²) in [5.74, 6) is 0.557. The van der Waals surface area contributed by atoms with Gasteiger partial charge in [0, 0.05) is 6.04 Å². The number of hydrogen-bond donors (Lipinski definition) is 1. The van der Waals surface area contributed by atoms with E-state index in [2.05, 4.69) is 45.0 Å². The first kappa shape index (κ1) is 10.3. The van der Waals surface area contributed by atoms with E-state index in [1.54, 1.807) is 0 Å². The van der Waals surface area contributed by atoms with Gasteiger partial charge in [-0.3, -0.25) is 0 Å². The van der Waals surface area contributed by atoms with Crippen LogP contribution >= 0.6 is 0 Å². The van der Waals surface area contributed by atoms with Crippen molar-refractivity contribution in [2.24, 2.45) is 11.7 Å². The van der Waals surface area contributed by atoms with Crippen molar-refractivity contribution < 1.29 is 0 Å². The molecule has 0 radical (unpaired) electrons. The molecule has 0 saturated heterocycles. The molecule has 72 valence electrons. The zero-order chi connectivity index (χ0) is 9.84. The standard InChI is InChI=1S/C12H19N/c1-4-10(3)12(13)11-7-5-6-9(2)8-11/h5-8,10,12H,4,13H2,1-3H3. The summed E-state index contributed by atoms with van der Waals surface area (Å²) in [6.07, 6.45) is 1.13.